The van der Waals surface area contributed by atoms with E-state index in [0.29, 0.717) is 11.5 Å². The molecule has 3 N–H and O–H groups in total. The van der Waals surface area contributed by atoms with Gasteiger partial charge in [-0.25, -0.2) is 28.5 Å². The van der Waals surface area contributed by atoms with Gasteiger partial charge in [-0.2, -0.15) is 4.98 Å². The summed E-state index contributed by atoms with van der Waals surface area (Å²) >= 11 is 0. The average molecular weight is 496 g/mol. The Morgan fingerprint density at radius 3 is 2.29 bits per heavy atom. The van der Waals surface area contributed by atoms with Gasteiger partial charge in [-0.3, -0.25) is 0 Å². The Balaban J connectivity index is 2.03. The van der Waals surface area contributed by atoms with Crippen molar-refractivity contribution in [3.05, 3.63) is 67.0 Å². The molecule has 0 unspecified atom stereocenters. The van der Waals surface area contributed by atoms with Crippen molar-refractivity contribution in [3.63, 3.8) is 0 Å². The molecule has 11 nitrogen and oxygen atoms in total. The van der Waals surface area contributed by atoms with Gasteiger partial charge in [0.25, 0.3) is 5.88 Å². The van der Waals surface area contributed by atoms with E-state index in [-0.39, 0.29) is 52.6 Å². The molecular formula is C23H21N5O6S. The number of methoxy groups -OCH3 is 1. The number of aliphatic hydroxyl groups is 1. The summed E-state index contributed by atoms with van der Waals surface area (Å²) < 4.78 is 42.0. The lowest BCUT2D eigenvalue weighted by Crippen LogP contribution is -2.14. The fraction of sp³-hybridized carbons (Fsp3) is 0.130. The second-order valence-electron chi connectivity index (χ2n) is 6.97. The van der Waals surface area contributed by atoms with Crippen molar-refractivity contribution < 1.29 is 27.7 Å². The smallest absolute Gasteiger partial charge is 0.262 e. The summed E-state index contributed by atoms with van der Waals surface area (Å²) in [5, 5.41) is 14.9. The molecule has 0 aliphatic carbocycles. The molecular weight excluding hydrogens is 474 g/mol. The fourth-order valence-electron chi connectivity index (χ4n) is 3.18. The third-order valence-corrected chi connectivity index (χ3v) is 5.63. The summed E-state index contributed by atoms with van der Waals surface area (Å²) in [5.74, 6) is 0.831. The van der Waals surface area contributed by atoms with Crippen LogP contribution in [-0.2, 0) is 10.0 Å². The van der Waals surface area contributed by atoms with Gasteiger partial charge in [0.15, 0.2) is 17.3 Å². The lowest BCUT2D eigenvalue weighted by molar-refractivity contribution is 0.192. The van der Waals surface area contributed by atoms with Gasteiger partial charge in [-0.15, -0.1) is 0 Å². The first-order chi connectivity index (χ1) is 16.9. The SMILES string of the molecule is COc1ccccc1Oc1c(OCCO)nc(-c2ncccn2)nc1-c1ccccc1S(N)(=O)=O. The van der Waals surface area contributed by atoms with Crippen molar-refractivity contribution in [2.45, 2.75) is 4.90 Å². The standard InChI is InChI=1S/C23H21N5O6S/c1-32-16-8-3-4-9-17(16)34-20-19(15-7-2-5-10-18(15)35(24,30)31)27-22(21-25-11-6-12-26-21)28-23(20)33-14-13-29/h2-12,29H,13-14H2,1H3,(H2,24,30,31). The van der Waals surface area contributed by atoms with Crippen LogP contribution >= 0.6 is 0 Å². The summed E-state index contributed by atoms with van der Waals surface area (Å²) in [6.45, 7) is -0.428. The number of sulfonamides is 1. The Hall–Kier alpha value is -4.13. The minimum Gasteiger partial charge on any atom is -0.493 e. The molecule has 0 aliphatic heterocycles. The van der Waals surface area contributed by atoms with Crippen LogP contribution in [0, 0.1) is 0 Å². The van der Waals surface area contributed by atoms with E-state index in [1.54, 1.807) is 36.4 Å². The highest BCUT2D eigenvalue weighted by molar-refractivity contribution is 7.89. The molecule has 35 heavy (non-hydrogen) atoms. The number of hydrogen-bond donors (Lipinski definition) is 2. The van der Waals surface area contributed by atoms with Crippen LogP contribution in [0.25, 0.3) is 22.9 Å². The number of ether oxygens (including phenoxy) is 3. The van der Waals surface area contributed by atoms with Crippen molar-refractivity contribution in [3.8, 4) is 46.0 Å². The highest BCUT2D eigenvalue weighted by Crippen LogP contribution is 2.43. The quantitative estimate of drug-likeness (QED) is 0.353. The maximum atomic E-state index is 12.4. The van der Waals surface area contributed by atoms with Gasteiger partial charge in [0.1, 0.15) is 12.3 Å². The van der Waals surface area contributed by atoms with E-state index in [9.17, 15) is 13.5 Å². The van der Waals surface area contributed by atoms with Gasteiger partial charge in [0.2, 0.25) is 21.6 Å². The number of nitrogens with zero attached hydrogens (tertiary/aromatic N) is 4. The van der Waals surface area contributed by atoms with E-state index >= 15 is 0 Å². The third-order valence-electron chi connectivity index (χ3n) is 4.66. The van der Waals surface area contributed by atoms with Gasteiger partial charge in [0, 0.05) is 18.0 Å². The van der Waals surface area contributed by atoms with Crippen LogP contribution in [0.2, 0.25) is 0 Å². The molecule has 0 saturated carbocycles. The number of aliphatic hydroxyl groups excluding tert-OH is 1. The highest BCUT2D eigenvalue weighted by atomic mass is 32.2. The lowest BCUT2D eigenvalue weighted by Gasteiger charge is -2.18. The predicted molar refractivity (Wildman–Crippen MR) is 126 cm³/mol. The maximum absolute atomic E-state index is 12.4. The first kappa shape index (κ1) is 24.0. The maximum Gasteiger partial charge on any atom is 0.262 e. The Morgan fingerprint density at radius 1 is 0.914 bits per heavy atom. The summed E-state index contributed by atoms with van der Waals surface area (Å²) in [6, 6.07) is 14.5. The molecule has 0 spiro atoms. The summed E-state index contributed by atoms with van der Waals surface area (Å²) in [6.07, 6.45) is 3.02. The predicted octanol–water partition coefficient (Wildman–Crippen LogP) is 2.42. The molecule has 0 aliphatic rings. The van der Waals surface area contributed by atoms with E-state index in [0.717, 1.165) is 0 Å². The largest absolute Gasteiger partial charge is 0.493 e. The molecule has 2 heterocycles. The summed E-state index contributed by atoms with van der Waals surface area (Å²) in [7, 11) is -2.66. The summed E-state index contributed by atoms with van der Waals surface area (Å²) in [4.78, 5) is 17.1. The van der Waals surface area contributed by atoms with Gasteiger partial charge >= 0.3 is 0 Å². The molecule has 0 radical (unpaired) electrons. The summed E-state index contributed by atoms with van der Waals surface area (Å²) in [5.41, 5.74) is 0.208. The number of benzene rings is 2. The van der Waals surface area contributed by atoms with Crippen molar-refractivity contribution in [2.75, 3.05) is 20.3 Å². The molecule has 0 bridgehead atoms. The molecule has 0 fully saturated rings. The number of hydrogen-bond acceptors (Lipinski definition) is 10. The molecule has 4 rings (SSSR count). The van der Waals surface area contributed by atoms with Gasteiger partial charge in [-0.05, 0) is 24.3 Å². The first-order valence-corrected chi connectivity index (χ1v) is 11.8. The normalized spacial score (nSPS) is 11.2. The van der Waals surface area contributed by atoms with Crippen molar-refractivity contribution in [1.29, 1.82) is 0 Å². The average Bonchev–Trinajstić information content (AvgIpc) is 2.88. The second-order valence-corrected chi connectivity index (χ2v) is 8.50. The Labute approximate surface area is 201 Å². The van der Waals surface area contributed by atoms with Crippen LogP contribution in [0.5, 0.6) is 23.1 Å². The zero-order valence-corrected chi connectivity index (χ0v) is 19.3. The molecule has 2 aromatic heterocycles. The van der Waals surface area contributed by atoms with Crippen LogP contribution in [0.15, 0.2) is 71.9 Å². The van der Waals surface area contributed by atoms with E-state index in [1.807, 2.05) is 0 Å². The Bertz CT molecular complexity index is 1430. The van der Waals surface area contributed by atoms with Gasteiger partial charge in [0.05, 0.1) is 18.6 Å². The molecule has 0 amide bonds. The van der Waals surface area contributed by atoms with Crippen LogP contribution in [-0.4, -0.2) is 53.8 Å². The first-order valence-electron chi connectivity index (χ1n) is 10.3. The minimum atomic E-state index is -4.14. The van der Waals surface area contributed by atoms with Crippen LogP contribution in [0.3, 0.4) is 0 Å². The molecule has 0 saturated heterocycles. The zero-order chi connectivity index (χ0) is 24.8. The van der Waals surface area contributed by atoms with E-state index in [4.69, 9.17) is 19.3 Å². The van der Waals surface area contributed by atoms with Crippen molar-refractivity contribution in [2.24, 2.45) is 5.14 Å². The van der Waals surface area contributed by atoms with Crippen molar-refractivity contribution >= 4 is 10.0 Å². The topological polar surface area (TPSA) is 160 Å². The number of aromatic nitrogens is 4. The monoisotopic (exact) mass is 495 g/mol. The number of primary sulfonamides is 1. The number of para-hydroxylation sites is 2. The fourth-order valence-corrected chi connectivity index (χ4v) is 3.92. The van der Waals surface area contributed by atoms with E-state index in [1.165, 1.54) is 37.7 Å². The minimum absolute atomic E-state index is 0.0151. The molecule has 2 aromatic carbocycles. The second kappa shape index (κ2) is 10.4. The van der Waals surface area contributed by atoms with Crippen molar-refractivity contribution in [1.82, 2.24) is 19.9 Å². The van der Waals surface area contributed by atoms with Gasteiger partial charge < -0.3 is 19.3 Å². The Kier molecular flexibility index (Phi) is 7.15. The van der Waals surface area contributed by atoms with Crippen LogP contribution in [0.4, 0.5) is 0 Å². The highest BCUT2D eigenvalue weighted by Gasteiger charge is 2.26. The van der Waals surface area contributed by atoms with Gasteiger partial charge in [-0.1, -0.05) is 30.3 Å². The van der Waals surface area contributed by atoms with E-state index in [2.05, 4.69) is 19.9 Å². The lowest BCUT2D eigenvalue weighted by atomic mass is 10.1. The third kappa shape index (κ3) is 5.35. The van der Waals surface area contributed by atoms with Crippen LogP contribution in [0.1, 0.15) is 0 Å². The van der Waals surface area contributed by atoms with E-state index < -0.39 is 10.0 Å². The number of rotatable bonds is 9. The van der Waals surface area contributed by atoms with Crippen LogP contribution < -0.4 is 19.3 Å². The molecule has 180 valence electrons. The molecule has 0 atom stereocenters. The number of nitrogens with two attached hydrogens (primary N) is 1. The Morgan fingerprint density at radius 2 is 1.60 bits per heavy atom. The molecule has 12 heteroatoms. The molecule has 4 aromatic rings. The zero-order valence-electron chi connectivity index (χ0n) is 18.5.